The predicted molar refractivity (Wildman–Crippen MR) is 146 cm³/mol. The van der Waals surface area contributed by atoms with Crippen LogP contribution in [-0.2, 0) is 9.59 Å². The van der Waals surface area contributed by atoms with E-state index in [1.807, 2.05) is 6.07 Å². The molecule has 1 aliphatic carbocycles. The average Bonchev–Trinajstić information content (AvgIpc) is 2.86. The van der Waals surface area contributed by atoms with Crippen molar-refractivity contribution >= 4 is 40.7 Å². The molecular formula is C28H28ClN3O4S. The van der Waals surface area contributed by atoms with E-state index in [0.29, 0.717) is 51.2 Å². The summed E-state index contributed by atoms with van der Waals surface area (Å²) in [5.74, 6) is 0.359. The molecule has 1 aliphatic heterocycles. The Labute approximate surface area is 225 Å². The largest absolute Gasteiger partial charge is 0.493 e. The third-order valence-corrected chi connectivity index (χ3v) is 7.61. The van der Waals surface area contributed by atoms with Crippen molar-refractivity contribution < 1.29 is 19.1 Å². The molecule has 2 N–H and O–H groups in total. The maximum absolute atomic E-state index is 13.4. The summed E-state index contributed by atoms with van der Waals surface area (Å²) in [7, 11) is 3.10. The molecule has 2 aliphatic rings. The standard InChI is InChI=1S/C28H28ClN3O4S/c1-28(2)12-20-26(21(33)13-28)25(16-5-10-22(35-3)23(11-16)36-4)19(14-30)27(32-20)37-15-24(34)31-18-8-6-17(29)7-9-18/h5-11,25,32H,12-13,15H2,1-4H3,(H,31,34). The van der Waals surface area contributed by atoms with E-state index in [-0.39, 0.29) is 22.9 Å². The predicted octanol–water partition coefficient (Wildman–Crippen LogP) is 5.79. The maximum Gasteiger partial charge on any atom is 0.234 e. The van der Waals surface area contributed by atoms with Gasteiger partial charge < -0.3 is 20.1 Å². The van der Waals surface area contributed by atoms with Crippen LogP contribution in [0.3, 0.4) is 0 Å². The second kappa shape index (κ2) is 10.9. The lowest BCUT2D eigenvalue weighted by atomic mass is 9.69. The first kappa shape index (κ1) is 26.6. The Hall–Kier alpha value is -3.41. The Bertz CT molecular complexity index is 1340. The molecule has 0 radical (unpaired) electrons. The number of benzene rings is 2. The fourth-order valence-electron chi connectivity index (χ4n) is 4.72. The normalized spacial score (nSPS) is 18.5. The number of thioether (sulfide) groups is 1. The molecule has 1 atom stereocenters. The SMILES string of the molecule is COc1ccc(C2C(C#N)=C(SCC(=O)Nc3ccc(Cl)cc3)NC3=C2C(=O)CC(C)(C)C3)cc1OC. The quantitative estimate of drug-likeness (QED) is 0.460. The molecule has 1 unspecified atom stereocenters. The first-order valence-electron chi connectivity index (χ1n) is 11.7. The average molecular weight is 538 g/mol. The highest BCUT2D eigenvalue weighted by atomic mass is 35.5. The molecule has 0 fully saturated rings. The van der Waals surface area contributed by atoms with Crippen LogP contribution in [0.4, 0.5) is 5.69 Å². The lowest BCUT2D eigenvalue weighted by Gasteiger charge is -2.39. The molecule has 2 aromatic rings. The minimum Gasteiger partial charge on any atom is -0.493 e. The van der Waals surface area contributed by atoms with Gasteiger partial charge in [0.1, 0.15) is 0 Å². The molecule has 4 rings (SSSR count). The summed E-state index contributed by atoms with van der Waals surface area (Å²) >= 11 is 7.16. The van der Waals surface area contributed by atoms with Gasteiger partial charge in [-0.25, -0.2) is 0 Å². The smallest absolute Gasteiger partial charge is 0.234 e. The van der Waals surface area contributed by atoms with E-state index < -0.39 is 5.92 Å². The molecule has 0 saturated carbocycles. The highest BCUT2D eigenvalue weighted by Crippen LogP contribution is 2.48. The number of rotatable bonds is 7. The molecule has 0 saturated heterocycles. The van der Waals surface area contributed by atoms with Gasteiger partial charge in [0.2, 0.25) is 5.91 Å². The van der Waals surface area contributed by atoms with Gasteiger partial charge in [0.15, 0.2) is 17.3 Å². The van der Waals surface area contributed by atoms with Gasteiger partial charge in [0.05, 0.1) is 42.6 Å². The molecule has 2 aromatic carbocycles. The summed E-state index contributed by atoms with van der Waals surface area (Å²) < 4.78 is 10.9. The van der Waals surface area contributed by atoms with E-state index >= 15 is 0 Å². The lowest BCUT2D eigenvalue weighted by molar-refractivity contribution is -0.118. The van der Waals surface area contributed by atoms with Crippen LogP contribution in [0.15, 0.2) is 64.3 Å². The van der Waals surface area contributed by atoms with E-state index in [1.165, 1.54) is 11.8 Å². The number of ketones is 1. The zero-order valence-corrected chi connectivity index (χ0v) is 22.7. The summed E-state index contributed by atoms with van der Waals surface area (Å²) in [6.45, 7) is 4.11. The number of dihydropyridines is 1. The van der Waals surface area contributed by atoms with Crippen molar-refractivity contribution in [2.75, 3.05) is 25.3 Å². The molecule has 37 heavy (non-hydrogen) atoms. The molecule has 9 heteroatoms. The van der Waals surface area contributed by atoms with E-state index in [2.05, 4.69) is 30.6 Å². The highest BCUT2D eigenvalue weighted by Gasteiger charge is 2.42. The summed E-state index contributed by atoms with van der Waals surface area (Å²) in [4.78, 5) is 26.1. The fraction of sp³-hybridized carbons (Fsp3) is 0.321. The van der Waals surface area contributed by atoms with Crippen LogP contribution in [0, 0.1) is 16.7 Å². The van der Waals surface area contributed by atoms with E-state index in [0.717, 1.165) is 11.3 Å². The van der Waals surface area contributed by atoms with Crippen molar-refractivity contribution in [1.29, 1.82) is 5.26 Å². The monoisotopic (exact) mass is 537 g/mol. The highest BCUT2D eigenvalue weighted by molar-refractivity contribution is 8.03. The number of methoxy groups -OCH3 is 2. The Morgan fingerprint density at radius 2 is 1.86 bits per heavy atom. The Balaban J connectivity index is 1.69. The molecule has 1 heterocycles. The zero-order valence-electron chi connectivity index (χ0n) is 21.1. The van der Waals surface area contributed by atoms with Crippen molar-refractivity contribution in [3.05, 3.63) is 74.9 Å². The van der Waals surface area contributed by atoms with Crippen LogP contribution in [0.5, 0.6) is 11.5 Å². The summed E-state index contributed by atoms with van der Waals surface area (Å²) in [5, 5.41) is 17.6. The van der Waals surface area contributed by atoms with Crippen LogP contribution in [0.25, 0.3) is 0 Å². The molecule has 192 valence electrons. The number of amides is 1. The number of hydrogen-bond donors (Lipinski definition) is 2. The van der Waals surface area contributed by atoms with Crippen LogP contribution in [-0.4, -0.2) is 31.7 Å². The number of allylic oxidation sites excluding steroid dienone is 3. The third kappa shape index (κ3) is 5.79. The number of nitrogens with zero attached hydrogens (tertiary/aromatic N) is 1. The van der Waals surface area contributed by atoms with Crippen molar-refractivity contribution in [3.8, 4) is 17.6 Å². The number of carbonyl (C=O) groups excluding carboxylic acids is 2. The van der Waals surface area contributed by atoms with Gasteiger partial charge in [-0.3, -0.25) is 9.59 Å². The number of halogens is 1. The number of nitrogens with one attached hydrogen (secondary N) is 2. The van der Waals surface area contributed by atoms with Gasteiger partial charge in [-0.05, 0) is 53.8 Å². The Kier molecular flexibility index (Phi) is 7.86. The van der Waals surface area contributed by atoms with Crippen LogP contribution in [0.1, 0.15) is 38.2 Å². The van der Waals surface area contributed by atoms with Gasteiger partial charge in [-0.1, -0.05) is 43.3 Å². The number of anilines is 1. The number of Topliss-reactive ketones (excluding diaryl/α,β-unsaturated/α-hetero) is 1. The van der Waals surface area contributed by atoms with Crippen molar-refractivity contribution in [3.63, 3.8) is 0 Å². The minimum atomic E-state index is -0.577. The number of hydrogen-bond acceptors (Lipinski definition) is 7. The first-order valence-corrected chi connectivity index (χ1v) is 13.1. The van der Waals surface area contributed by atoms with Crippen LogP contribution in [0.2, 0.25) is 5.02 Å². The van der Waals surface area contributed by atoms with E-state index in [4.69, 9.17) is 21.1 Å². The number of ether oxygens (including phenoxy) is 2. The zero-order chi connectivity index (χ0) is 26.7. The van der Waals surface area contributed by atoms with Crippen molar-refractivity contribution in [1.82, 2.24) is 5.32 Å². The van der Waals surface area contributed by atoms with Crippen LogP contribution >= 0.6 is 23.4 Å². The second-order valence-corrected chi connectivity index (χ2v) is 11.1. The molecule has 1 amide bonds. The summed E-state index contributed by atoms with van der Waals surface area (Å²) in [6, 6.07) is 14.6. The molecule has 0 aromatic heterocycles. The van der Waals surface area contributed by atoms with Gasteiger partial charge >= 0.3 is 0 Å². The second-order valence-electron chi connectivity index (χ2n) is 9.70. The van der Waals surface area contributed by atoms with Crippen molar-refractivity contribution in [2.45, 2.75) is 32.6 Å². The third-order valence-electron chi connectivity index (χ3n) is 6.34. The van der Waals surface area contributed by atoms with Crippen molar-refractivity contribution in [2.24, 2.45) is 5.41 Å². The molecule has 0 spiro atoms. The molecule has 7 nitrogen and oxygen atoms in total. The van der Waals surface area contributed by atoms with Gasteiger partial charge in [0, 0.05) is 28.4 Å². The topological polar surface area (TPSA) is 100 Å². The van der Waals surface area contributed by atoms with E-state index in [9.17, 15) is 14.9 Å². The number of carbonyl (C=O) groups is 2. The summed E-state index contributed by atoms with van der Waals surface area (Å²) in [5.41, 5.74) is 2.94. The Morgan fingerprint density at radius 1 is 1.16 bits per heavy atom. The minimum absolute atomic E-state index is 0.0100. The Morgan fingerprint density at radius 3 is 2.51 bits per heavy atom. The first-order chi connectivity index (χ1) is 17.7. The maximum atomic E-state index is 13.4. The lowest BCUT2D eigenvalue weighted by Crippen LogP contribution is -2.37. The van der Waals surface area contributed by atoms with Gasteiger partial charge in [-0.15, -0.1) is 0 Å². The fourth-order valence-corrected chi connectivity index (χ4v) is 5.71. The molecular weight excluding hydrogens is 510 g/mol. The number of nitriles is 1. The molecule has 0 bridgehead atoms. The van der Waals surface area contributed by atoms with Crippen LogP contribution < -0.4 is 20.1 Å². The van der Waals surface area contributed by atoms with Gasteiger partial charge in [0.25, 0.3) is 0 Å². The van der Waals surface area contributed by atoms with E-state index in [1.54, 1.807) is 50.6 Å². The summed E-state index contributed by atoms with van der Waals surface area (Å²) in [6.07, 6.45) is 1.04. The van der Waals surface area contributed by atoms with Gasteiger partial charge in [-0.2, -0.15) is 5.26 Å².